The SMILES string of the molecule is CC1C(n2cnc3c(=O)[nH]c(N)nc32)OC(CO)(CO)C1O. The van der Waals surface area contributed by atoms with E-state index in [0.717, 1.165) is 0 Å². The van der Waals surface area contributed by atoms with Crippen LogP contribution < -0.4 is 11.3 Å². The van der Waals surface area contributed by atoms with Crippen LogP contribution in [0.4, 0.5) is 5.95 Å². The van der Waals surface area contributed by atoms with E-state index < -0.39 is 42.6 Å². The highest BCUT2D eigenvalue weighted by molar-refractivity contribution is 5.70. The Morgan fingerprint density at radius 2 is 2.18 bits per heavy atom. The van der Waals surface area contributed by atoms with E-state index in [1.54, 1.807) is 6.92 Å². The maximum absolute atomic E-state index is 11.8. The number of nitrogens with two attached hydrogens (primary N) is 1. The van der Waals surface area contributed by atoms with E-state index in [1.165, 1.54) is 10.9 Å². The number of aromatic amines is 1. The fraction of sp³-hybridized carbons (Fsp3) is 0.583. The summed E-state index contributed by atoms with van der Waals surface area (Å²) in [5.41, 5.74) is 3.87. The van der Waals surface area contributed by atoms with Crippen LogP contribution in [0.15, 0.2) is 11.1 Å². The molecule has 3 heterocycles. The van der Waals surface area contributed by atoms with Crippen LogP contribution in [0, 0.1) is 5.92 Å². The molecule has 0 radical (unpaired) electrons. The molecule has 1 saturated heterocycles. The van der Waals surface area contributed by atoms with Crippen LogP contribution in [-0.4, -0.2) is 59.8 Å². The summed E-state index contributed by atoms with van der Waals surface area (Å²) in [6.45, 7) is 0.605. The highest BCUT2D eigenvalue weighted by atomic mass is 16.6. The summed E-state index contributed by atoms with van der Waals surface area (Å²) in [4.78, 5) is 22.1. The fourth-order valence-corrected chi connectivity index (χ4v) is 2.80. The van der Waals surface area contributed by atoms with Crippen molar-refractivity contribution in [1.29, 1.82) is 0 Å². The van der Waals surface area contributed by atoms with E-state index in [0.29, 0.717) is 0 Å². The Balaban J connectivity index is 2.11. The van der Waals surface area contributed by atoms with E-state index in [4.69, 9.17) is 10.5 Å². The number of aromatic nitrogens is 4. The van der Waals surface area contributed by atoms with Gasteiger partial charge in [0.15, 0.2) is 11.2 Å². The quantitative estimate of drug-likeness (QED) is 0.433. The fourth-order valence-electron chi connectivity index (χ4n) is 2.80. The second kappa shape index (κ2) is 5.02. The third-order valence-corrected chi connectivity index (χ3v) is 4.10. The van der Waals surface area contributed by atoms with Gasteiger partial charge in [-0.2, -0.15) is 4.98 Å². The zero-order valence-corrected chi connectivity index (χ0v) is 11.8. The first-order valence-electron chi connectivity index (χ1n) is 6.73. The Labute approximate surface area is 124 Å². The average molecular weight is 311 g/mol. The number of imidazole rings is 1. The van der Waals surface area contributed by atoms with E-state index in [9.17, 15) is 20.1 Å². The molecule has 3 rings (SSSR count). The number of anilines is 1. The van der Waals surface area contributed by atoms with E-state index in [1.807, 2.05) is 0 Å². The third kappa shape index (κ3) is 1.92. The number of hydrogen-bond donors (Lipinski definition) is 5. The molecule has 22 heavy (non-hydrogen) atoms. The minimum absolute atomic E-state index is 0.0685. The number of H-pyrrole nitrogens is 1. The lowest BCUT2D eigenvalue weighted by Crippen LogP contribution is -2.47. The highest BCUT2D eigenvalue weighted by Gasteiger charge is 2.53. The van der Waals surface area contributed by atoms with Crippen LogP contribution in [0.1, 0.15) is 13.2 Å². The number of aliphatic hydroxyl groups is 3. The summed E-state index contributed by atoms with van der Waals surface area (Å²) in [6, 6.07) is 0. The predicted molar refractivity (Wildman–Crippen MR) is 74.8 cm³/mol. The molecule has 0 bridgehead atoms. The number of aliphatic hydroxyl groups excluding tert-OH is 3. The number of ether oxygens (including phenoxy) is 1. The molecule has 0 aliphatic carbocycles. The summed E-state index contributed by atoms with van der Waals surface area (Å²) in [5.74, 6) is -0.542. The Kier molecular flexibility index (Phi) is 3.40. The van der Waals surface area contributed by atoms with Gasteiger partial charge in [-0.1, -0.05) is 6.92 Å². The first kappa shape index (κ1) is 14.9. The second-order valence-electron chi connectivity index (χ2n) is 5.47. The molecule has 0 aromatic carbocycles. The standard InChI is InChI=1S/C12H17N5O5/c1-5-7(20)12(2-18,3-19)22-10(5)17-4-14-6-8(17)15-11(13)16-9(6)21/h4-5,7,10,18-20H,2-3H2,1H3,(H3,13,15,16,21). The number of nitrogen functional groups attached to an aromatic ring is 1. The monoisotopic (exact) mass is 311 g/mol. The molecule has 10 heteroatoms. The molecule has 0 spiro atoms. The average Bonchev–Trinajstić information content (AvgIpc) is 3.01. The van der Waals surface area contributed by atoms with Crippen molar-refractivity contribution in [2.75, 3.05) is 18.9 Å². The molecule has 2 aromatic heterocycles. The molecule has 1 aliphatic heterocycles. The zero-order valence-electron chi connectivity index (χ0n) is 11.8. The van der Waals surface area contributed by atoms with Crippen LogP contribution in [0.5, 0.6) is 0 Å². The summed E-state index contributed by atoms with van der Waals surface area (Å²) in [6.07, 6.45) is -0.497. The predicted octanol–water partition coefficient (Wildman–Crippen LogP) is -2.05. The number of nitrogens with one attached hydrogen (secondary N) is 1. The highest BCUT2D eigenvalue weighted by Crippen LogP contribution is 2.41. The maximum atomic E-state index is 11.8. The van der Waals surface area contributed by atoms with Gasteiger partial charge in [0.05, 0.1) is 25.6 Å². The minimum atomic E-state index is -1.48. The largest absolute Gasteiger partial charge is 0.393 e. The molecule has 0 saturated carbocycles. The van der Waals surface area contributed by atoms with Gasteiger partial charge in [0.25, 0.3) is 5.56 Å². The smallest absolute Gasteiger partial charge is 0.280 e. The lowest BCUT2D eigenvalue weighted by molar-refractivity contribution is -0.149. The molecule has 10 nitrogen and oxygen atoms in total. The second-order valence-corrected chi connectivity index (χ2v) is 5.47. The van der Waals surface area contributed by atoms with E-state index >= 15 is 0 Å². The summed E-state index contributed by atoms with van der Waals surface area (Å²) in [5, 5.41) is 29.2. The maximum Gasteiger partial charge on any atom is 0.280 e. The number of fused-ring (bicyclic) bond motifs is 1. The Bertz CT molecular complexity index is 752. The van der Waals surface area contributed by atoms with Gasteiger partial charge < -0.3 is 25.8 Å². The molecule has 3 unspecified atom stereocenters. The first-order chi connectivity index (χ1) is 10.4. The molecule has 0 amide bonds. The molecular weight excluding hydrogens is 294 g/mol. The number of rotatable bonds is 3. The lowest BCUT2D eigenvalue weighted by Gasteiger charge is -2.27. The van der Waals surface area contributed by atoms with E-state index in [2.05, 4.69) is 15.0 Å². The number of nitrogens with zero attached hydrogens (tertiary/aromatic N) is 3. The molecule has 1 aliphatic rings. The summed E-state index contributed by atoms with van der Waals surface area (Å²) in [7, 11) is 0. The molecule has 6 N–H and O–H groups in total. The Morgan fingerprint density at radius 3 is 2.77 bits per heavy atom. The van der Waals surface area contributed by atoms with Crippen molar-refractivity contribution in [3.63, 3.8) is 0 Å². The Hall–Kier alpha value is -2.01. The topological polar surface area (TPSA) is 160 Å². The van der Waals surface area contributed by atoms with Crippen molar-refractivity contribution in [2.24, 2.45) is 5.92 Å². The van der Waals surface area contributed by atoms with Crippen LogP contribution in [0.3, 0.4) is 0 Å². The van der Waals surface area contributed by atoms with Gasteiger partial charge in [0.1, 0.15) is 11.8 Å². The van der Waals surface area contributed by atoms with Crippen LogP contribution in [0.25, 0.3) is 11.2 Å². The normalized spacial score (nSPS) is 27.5. The lowest BCUT2D eigenvalue weighted by atomic mass is 9.92. The van der Waals surface area contributed by atoms with Gasteiger partial charge in [-0.25, -0.2) is 4.98 Å². The van der Waals surface area contributed by atoms with Crippen molar-refractivity contribution in [1.82, 2.24) is 19.5 Å². The van der Waals surface area contributed by atoms with Gasteiger partial charge in [-0.3, -0.25) is 14.3 Å². The zero-order chi connectivity index (χ0) is 16.1. The summed E-state index contributed by atoms with van der Waals surface area (Å²) >= 11 is 0. The van der Waals surface area contributed by atoms with Crippen molar-refractivity contribution >= 4 is 17.1 Å². The molecule has 3 atom stereocenters. The van der Waals surface area contributed by atoms with Gasteiger partial charge >= 0.3 is 0 Å². The van der Waals surface area contributed by atoms with Crippen LogP contribution in [-0.2, 0) is 4.74 Å². The van der Waals surface area contributed by atoms with Crippen molar-refractivity contribution < 1.29 is 20.1 Å². The molecule has 120 valence electrons. The minimum Gasteiger partial charge on any atom is -0.393 e. The third-order valence-electron chi connectivity index (χ3n) is 4.10. The van der Waals surface area contributed by atoms with Crippen molar-refractivity contribution in [2.45, 2.75) is 24.9 Å². The first-order valence-corrected chi connectivity index (χ1v) is 6.73. The van der Waals surface area contributed by atoms with Crippen molar-refractivity contribution in [3.05, 3.63) is 16.7 Å². The van der Waals surface area contributed by atoms with E-state index in [-0.39, 0.29) is 17.1 Å². The van der Waals surface area contributed by atoms with Gasteiger partial charge in [-0.05, 0) is 0 Å². The Morgan fingerprint density at radius 1 is 1.50 bits per heavy atom. The number of hydrogen-bond acceptors (Lipinski definition) is 8. The van der Waals surface area contributed by atoms with Gasteiger partial charge in [0.2, 0.25) is 5.95 Å². The van der Waals surface area contributed by atoms with Gasteiger partial charge in [0, 0.05) is 5.92 Å². The van der Waals surface area contributed by atoms with Crippen LogP contribution >= 0.6 is 0 Å². The van der Waals surface area contributed by atoms with Crippen LogP contribution in [0.2, 0.25) is 0 Å². The van der Waals surface area contributed by atoms with Gasteiger partial charge in [-0.15, -0.1) is 0 Å². The molecule has 2 aromatic rings. The molecular formula is C12H17N5O5. The summed E-state index contributed by atoms with van der Waals surface area (Å²) < 4.78 is 7.14. The molecule has 1 fully saturated rings. The van der Waals surface area contributed by atoms with Crippen molar-refractivity contribution in [3.8, 4) is 0 Å².